The largest absolute Gasteiger partial charge is 0.352 e. The topological polar surface area (TPSA) is 62.2 Å². The summed E-state index contributed by atoms with van der Waals surface area (Å²) in [4.78, 5) is 19.6. The number of amides is 1. The van der Waals surface area contributed by atoms with E-state index in [1.807, 2.05) is 18.2 Å². The number of hydrogen-bond donors (Lipinski definition) is 2. The quantitative estimate of drug-likeness (QED) is 0.253. The van der Waals surface area contributed by atoms with Crippen LogP contribution in [0.3, 0.4) is 0 Å². The van der Waals surface area contributed by atoms with Crippen molar-refractivity contribution >= 4 is 28.9 Å². The molecule has 2 N–H and O–H groups in total. The Hall–Kier alpha value is -4.04. The summed E-state index contributed by atoms with van der Waals surface area (Å²) in [6.07, 6.45) is 2.01. The highest BCUT2D eigenvalue weighted by Gasteiger charge is 2.41. The monoisotopic (exact) mass is 555 g/mol. The Morgan fingerprint density at radius 1 is 1.02 bits per heavy atom. The number of thiocarbonyl (C=S) groups is 1. The Morgan fingerprint density at radius 3 is 2.38 bits per heavy atom. The van der Waals surface area contributed by atoms with E-state index in [0.29, 0.717) is 17.3 Å². The van der Waals surface area contributed by atoms with E-state index < -0.39 is 0 Å². The van der Waals surface area contributed by atoms with Crippen molar-refractivity contribution in [2.75, 3.05) is 11.9 Å². The maximum Gasteiger partial charge on any atom is 0.226 e. The fourth-order valence-electron chi connectivity index (χ4n) is 5.92. The van der Waals surface area contributed by atoms with Crippen molar-refractivity contribution in [2.24, 2.45) is 0 Å². The standard InChI is InChI=1S/C32H34FN5OS/c1-19-16-20(2)30(21(3)17-19)38-22(4)18-26(23(38)5)31-29(27-8-6-7-14-34-27)36-32(40)37(31)15-13-28(39)35-25-11-9-24(33)10-12-25/h6-12,14,16-18,29,31H,13,15H2,1-5H3,(H,35,39)(H,36,40)/t29-,31+/m0/s1. The average Bonchev–Trinajstić information content (AvgIpc) is 3.39. The Bertz CT molecular complexity index is 1540. The molecule has 2 atom stereocenters. The van der Waals surface area contributed by atoms with E-state index >= 15 is 0 Å². The Labute approximate surface area is 240 Å². The second kappa shape index (κ2) is 11.2. The van der Waals surface area contributed by atoms with Gasteiger partial charge < -0.3 is 20.1 Å². The normalized spacial score (nSPS) is 16.8. The lowest BCUT2D eigenvalue weighted by molar-refractivity contribution is -0.116. The van der Waals surface area contributed by atoms with Gasteiger partial charge in [0.05, 0.1) is 23.5 Å². The van der Waals surface area contributed by atoms with Gasteiger partial charge in [-0.1, -0.05) is 23.8 Å². The van der Waals surface area contributed by atoms with Crippen LogP contribution in [0.5, 0.6) is 0 Å². The lowest BCUT2D eigenvalue weighted by Crippen LogP contribution is -2.32. The van der Waals surface area contributed by atoms with Crippen LogP contribution >= 0.6 is 12.2 Å². The van der Waals surface area contributed by atoms with E-state index in [-0.39, 0.29) is 30.2 Å². The van der Waals surface area contributed by atoms with Crippen LogP contribution in [0.1, 0.15) is 57.8 Å². The number of hydrogen-bond acceptors (Lipinski definition) is 3. The lowest BCUT2D eigenvalue weighted by Gasteiger charge is -2.28. The average molecular weight is 556 g/mol. The van der Waals surface area contributed by atoms with Crippen LogP contribution in [0.15, 0.2) is 66.9 Å². The molecule has 1 fully saturated rings. The van der Waals surface area contributed by atoms with Gasteiger partial charge in [-0.25, -0.2) is 4.39 Å². The summed E-state index contributed by atoms with van der Waals surface area (Å²) in [5, 5.41) is 6.93. The minimum absolute atomic E-state index is 0.160. The van der Waals surface area contributed by atoms with Crippen molar-refractivity contribution in [3.8, 4) is 5.69 Å². The second-order valence-corrected chi connectivity index (χ2v) is 10.9. The lowest BCUT2D eigenvalue weighted by atomic mass is 9.96. The van der Waals surface area contributed by atoms with Crippen LogP contribution in [-0.4, -0.2) is 32.0 Å². The number of aromatic nitrogens is 2. The molecule has 0 unspecified atom stereocenters. The van der Waals surface area contributed by atoms with Gasteiger partial charge in [-0.2, -0.15) is 0 Å². The molecule has 5 rings (SSSR count). The zero-order chi connectivity index (χ0) is 28.6. The van der Waals surface area contributed by atoms with Gasteiger partial charge in [-0.3, -0.25) is 9.78 Å². The molecule has 1 aliphatic heterocycles. The number of halogens is 1. The highest BCUT2D eigenvalue weighted by Crippen LogP contribution is 2.42. The first kappa shape index (κ1) is 27.5. The fraction of sp³-hybridized carbons (Fsp3) is 0.281. The molecule has 1 saturated heterocycles. The molecule has 0 spiro atoms. The van der Waals surface area contributed by atoms with Crippen LogP contribution in [-0.2, 0) is 4.79 Å². The van der Waals surface area contributed by atoms with Crippen LogP contribution < -0.4 is 10.6 Å². The summed E-state index contributed by atoms with van der Waals surface area (Å²) in [6.45, 7) is 11.1. The number of nitrogens with zero attached hydrogens (tertiary/aromatic N) is 3. The van der Waals surface area contributed by atoms with Crippen molar-refractivity contribution in [1.82, 2.24) is 19.8 Å². The summed E-state index contributed by atoms with van der Waals surface area (Å²) in [6, 6.07) is 18.0. The van der Waals surface area contributed by atoms with Crippen LogP contribution in [0.2, 0.25) is 0 Å². The maximum absolute atomic E-state index is 13.3. The summed E-state index contributed by atoms with van der Waals surface area (Å²) in [5.74, 6) is -0.505. The number of carbonyl (C=O) groups is 1. The first-order chi connectivity index (χ1) is 19.1. The third-order valence-electron chi connectivity index (χ3n) is 7.55. The number of nitrogens with one attached hydrogen (secondary N) is 2. The van der Waals surface area contributed by atoms with Gasteiger partial charge in [0.15, 0.2) is 5.11 Å². The molecule has 0 aliphatic carbocycles. The van der Waals surface area contributed by atoms with Gasteiger partial charge in [0.1, 0.15) is 5.82 Å². The number of carbonyl (C=O) groups excluding carboxylic acids is 1. The van der Waals surface area contributed by atoms with E-state index in [2.05, 4.69) is 77.9 Å². The molecule has 6 nitrogen and oxygen atoms in total. The molecule has 2 aromatic carbocycles. The zero-order valence-electron chi connectivity index (χ0n) is 23.5. The molecule has 0 bridgehead atoms. The SMILES string of the molecule is Cc1cc(C)c(-n2c(C)cc([C@@H]3[C@H](c4ccccn4)NC(=S)N3CCC(=O)Nc3ccc(F)cc3)c2C)c(C)c1. The highest BCUT2D eigenvalue weighted by atomic mass is 32.1. The minimum Gasteiger partial charge on any atom is -0.352 e. The van der Waals surface area contributed by atoms with E-state index in [9.17, 15) is 9.18 Å². The summed E-state index contributed by atoms with van der Waals surface area (Å²) < 4.78 is 15.6. The van der Waals surface area contributed by atoms with Gasteiger partial charge in [-0.05, 0) is 106 Å². The van der Waals surface area contributed by atoms with Gasteiger partial charge in [0, 0.05) is 36.2 Å². The molecule has 1 aliphatic rings. The molecule has 206 valence electrons. The predicted molar refractivity (Wildman–Crippen MR) is 161 cm³/mol. The molecule has 0 saturated carbocycles. The predicted octanol–water partition coefficient (Wildman–Crippen LogP) is 6.55. The third-order valence-corrected chi connectivity index (χ3v) is 7.91. The number of anilines is 1. The van der Waals surface area contributed by atoms with E-state index in [1.54, 1.807) is 18.3 Å². The van der Waals surface area contributed by atoms with E-state index in [1.165, 1.54) is 34.5 Å². The van der Waals surface area contributed by atoms with E-state index in [0.717, 1.165) is 22.6 Å². The maximum atomic E-state index is 13.3. The second-order valence-electron chi connectivity index (χ2n) is 10.5. The Kier molecular flexibility index (Phi) is 7.72. The molecule has 1 amide bonds. The van der Waals surface area contributed by atoms with Gasteiger partial charge in [-0.15, -0.1) is 0 Å². The van der Waals surface area contributed by atoms with E-state index in [4.69, 9.17) is 12.2 Å². The Morgan fingerprint density at radius 2 is 1.73 bits per heavy atom. The molecule has 40 heavy (non-hydrogen) atoms. The van der Waals surface area contributed by atoms with Gasteiger partial charge in [0.2, 0.25) is 5.91 Å². The molecule has 4 aromatic rings. The van der Waals surface area contributed by atoms with Crippen molar-refractivity contribution in [2.45, 2.75) is 53.1 Å². The first-order valence-electron chi connectivity index (χ1n) is 13.4. The number of pyridine rings is 1. The summed E-state index contributed by atoms with van der Waals surface area (Å²) in [7, 11) is 0. The van der Waals surface area contributed by atoms with Crippen molar-refractivity contribution in [1.29, 1.82) is 0 Å². The van der Waals surface area contributed by atoms with Crippen molar-refractivity contribution in [3.63, 3.8) is 0 Å². The van der Waals surface area contributed by atoms with Crippen molar-refractivity contribution < 1.29 is 9.18 Å². The number of aryl methyl sites for hydroxylation is 4. The smallest absolute Gasteiger partial charge is 0.226 e. The molecule has 0 radical (unpaired) electrons. The molecule has 2 aromatic heterocycles. The molecule has 3 heterocycles. The highest BCUT2D eigenvalue weighted by molar-refractivity contribution is 7.80. The summed E-state index contributed by atoms with van der Waals surface area (Å²) in [5.41, 5.74) is 9.73. The number of benzene rings is 2. The molecule has 8 heteroatoms. The van der Waals surface area contributed by atoms with Crippen LogP contribution in [0.4, 0.5) is 10.1 Å². The van der Waals surface area contributed by atoms with Crippen molar-refractivity contribution in [3.05, 3.63) is 112 Å². The molecular weight excluding hydrogens is 521 g/mol. The summed E-state index contributed by atoms with van der Waals surface area (Å²) >= 11 is 5.83. The Balaban J connectivity index is 1.50. The van der Waals surface area contributed by atoms with Gasteiger partial charge in [0.25, 0.3) is 0 Å². The number of rotatable bonds is 7. The minimum atomic E-state index is -0.344. The third kappa shape index (κ3) is 5.36. The first-order valence-corrected chi connectivity index (χ1v) is 13.9. The zero-order valence-corrected chi connectivity index (χ0v) is 24.3. The van der Waals surface area contributed by atoms with Crippen LogP contribution in [0.25, 0.3) is 5.69 Å². The van der Waals surface area contributed by atoms with Gasteiger partial charge >= 0.3 is 0 Å². The van der Waals surface area contributed by atoms with Crippen LogP contribution in [0, 0.1) is 40.4 Å². The fourth-order valence-corrected chi connectivity index (χ4v) is 6.25. The molecular formula is C32H34FN5OS.